The van der Waals surface area contributed by atoms with Gasteiger partial charge in [-0.3, -0.25) is 0 Å². The maximum absolute atomic E-state index is 9.34. The third-order valence-corrected chi connectivity index (χ3v) is 5.89. The van der Waals surface area contributed by atoms with Gasteiger partial charge in [-0.15, -0.1) is 0 Å². The van der Waals surface area contributed by atoms with Crippen LogP contribution in [-0.4, -0.2) is 22.0 Å². The summed E-state index contributed by atoms with van der Waals surface area (Å²) < 4.78 is 0.296. The first-order valence-corrected chi connectivity index (χ1v) is 8.49. The predicted octanol–water partition coefficient (Wildman–Crippen LogP) is 3.53. The third kappa shape index (κ3) is 2.78. The minimum atomic E-state index is 0.296. The highest BCUT2D eigenvalue weighted by atomic mass is 32.2. The normalized spacial score (nSPS) is 25.0. The zero-order valence-corrected chi connectivity index (χ0v) is 12.9. The molecule has 0 saturated carbocycles. The Morgan fingerprint density at radius 2 is 2.25 bits per heavy atom. The summed E-state index contributed by atoms with van der Waals surface area (Å²) in [4.78, 5) is 4.73. The van der Waals surface area contributed by atoms with Crippen LogP contribution in [0.1, 0.15) is 49.4 Å². The fraction of sp³-hybridized carbons (Fsp3) is 0.625. The molecule has 1 unspecified atom stereocenters. The Hall–Kier alpha value is -1.21. The summed E-state index contributed by atoms with van der Waals surface area (Å²) >= 11 is 2.03. The van der Waals surface area contributed by atoms with E-state index in [4.69, 9.17) is 4.98 Å². The Kier molecular flexibility index (Phi) is 3.89. The van der Waals surface area contributed by atoms with Crippen LogP contribution in [0.3, 0.4) is 0 Å². The molecule has 0 spiro atoms. The fourth-order valence-electron chi connectivity index (χ4n) is 3.10. The van der Waals surface area contributed by atoms with E-state index in [0.29, 0.717) is 10.3 Å². The summed E-state index contributed by atoms with van der Waals surface area (Å²) in [6.07, 6.45) is 7.12. The molecule has 0 amide bonds. The molecule has 1 saturated heterocycles. The van der Waals surface area contributed by atoms with Gasteiger partial charge in [0.05, 0.1) is 5.56 Å². The van der Waals surface area contributed by atoms with Gasteiger partial charge < -0.3 is 5.32 Å². The summed E-state index contributed by atoms with van der Waals surface area (Å²) in [6, 6.07) is 4.35. The molecule has 1 N–H and O–H groups in total. The molecular formula is C16H21N3S. The van der Waals surface area contributed by atoms with Crippen LogP contribution in [0.5, 0.6) is 0 Å². The number of thioether (sulfide) groups is 1. The molecule has 1 aliphatic carbocycles. The van der Waals surface area contributed by atoms with Crippen LogP contribution in [0.25, 0.3) is 0 Å². The number of pyridine rings is 1. The van der Waals surface area contributed by atoms with Crippen molar-refractivity contribution in [2.75, 3.05) is 17.6 Å². The van der Waals surface area contributed by atoms with E-state index < -0.39 is 0 Å². The minimum absolute atomic E-state index is 0.296. The first kappa shape index (κ1) is 13.8. The molecular weight excluding hydrogens is 266 g/mol. The van der Waals surface area contributed by atoms with Crippen molar-refractivity contribution in [3.8, 4) is 6.07 Å². The standard InChI is InChI=1S/C16H21N3S/c1-16(7-4-8-20-16)11-18-15-13(10-17)9-12-5-2-3-6-14(12)19-15/h9H,2-8,11H2,1H3,(H,18,19). The average molecular weight is 287 g/mol. The number of hydrogen-bond donors (Lipinski definition) is 1. The number of aryl methyl sites for hydroxylation is 2. The van der Waals surface area contributed by atoms with E-state index in [1.807, 2.05) is 17.8 Å². The first-order valence-electron chi connectivity index (χ1n) is 7.51. The van der Waals surface area contributed by atoms with Gasteiger partial charge >= 0.3 is 0 Å². The van der Waals surface area contributed by atoms with E-state index in [9.17, 15) is 5.26 Å². The van der Waals surface area contributed by atoms with Crippen LogP contribution in [0.2, 0.25) is 0 Å². The highest BCUT2D eigenvalue weighted by Gasteiger charge is 2.29. The Bertz CT molecular complexity index is 541. The average Bonchev–Trinajstić information content (AvgIpc) is 2.91. The van der Waals surface area contributed by atoms with Gasteiger partial charge in [-0.2, -0.15) is 17.0 Å². The summed E-state index contributed by atoms with van der Waals surface area (Å²) in [5, 5.41) is 12.8. The van der Waals surface area contributed by atoms with Crippen molar-refractivity contribution in [3.63, 3.8) is 0 Å². The fourth-order valence-corrected chi connectivity index (χ4v) is 4.35. The van der Waals surface area contributed by atoms with Crippen LogP contribution in [0.15, 0.2) is 6.07 Å². The molecule has 106 valence electrons. The minimum Gasteiger partial charge on any atom is -0.368 e. The summed E-state index contributed by atoms with van der Waals surface area (Å²) in [6.45, 7) is 3.21. The second-order valence-electron chi connectivity index (χ2n) is 6.06. The number of nitrogens with one attached hydrogen (secondary N) is 1. The molecule has 3 rings (SSSR count). The van der Waals surface area contributed by atoms with Crippen LogP contribution >= 0.6 is 11.8 Å². The Morgan fingerprint density at radius 3 is 3.00 bits per heavy atom. The zero-order chi connectivity index (χ0) is 14.0. The van der Waals surface area contributed by atoms with Crippen LogP contribution in [0.4, 0.5) is 5.82 Å². The van der Waals surface area contributed by atoms with E-state index in [0.717, 1.165) is 25.2 Å². The lowest BCUT2D eigenvalue weighted by Gasteiger charge is -2.24. The van der Waals surface area contributed by atoms with Crippen molar-refractivity contribution in [3.05, 3.63) is 22.9 Å². The van der Waals surface area contributed by atoms with Gasteiger partial charge in [0.25, 0.3) is 0 Å². The van der Waals surface area contributed by atoms with E-state index in [1.54, 1.807) is 0 Å². The Morgan fingerprint density at radius 1 is 1.40 bits per heavy atom. The van der Waals surface area contributed by atoms with E-state index in [1.165, 1.54) is 42.7 Å². The van der Waals surface area contributed by atoms with Gasteiger partial charge in [-0.1, -0.05) is 0 Å². The number of hydrogen-bond acceptors (Lipinski definition) is 4. The molecule has 20 heavy (non-hydrogen) atoms. The highest BCUT2D eigenvalue weighted by Crippen LogP contribution is 2.37. The number of rotatable bonds is 3. The van der Waals surface area contributed by atoms with Crippen molar-refractivity contribution in [2.45, 2.75) is 50.2 Å². The van der Waals surface area contributed by atoms with Crippen molar-refractivity contribution in [1.29, 1.82) is 5.26 Å². The number of aromatic nitrogens is 1. The largest absolute Gasteiger partial charge is 0.368 e. The third-order valence-electron chi connectivity index (χ3n) is 4.35. The smallest absolute Gasteiger partial charge is 0.144 e. The van der Waals surface area contributed by atoms with Crippen LogP contribution < -0.4 is 5.32 Å². The molecule has 4 heteroatoms. The molecule has 0 aromatic carbocycles. The van der Waals surface area contributed by atoms with Crippen LogP contribution in [0, 0.1) is 11.3 Å². The number of fused-ring (bicyclic) bond motifs is 1. The van der Waals surface area contributed by atoms with Gasteiger partial charge in [-0.05, 0) is 62.8 Å². The van der Waals surface area contributed by atoms with Crippen LogP contribution in [-0.2, 0) is 12.8 Å². The Labute approximate surface area is 125 Å². The summed E-state index contributed by atoms with van der Waals surface area (Å²) in [7, 11) is 0. The molecule has 1 fully saturated rings. The van der Waals surface area contributed by atoms with Crippen molar-refractivity contribution < 1.29 is 0 Å². The van der Waals surface area contributed by atoms with E-state index in [-0.39, 0.29) is 0 Å². The SMILES string of the molecule is CC1(CNc2nc3c(cc2C#N)CCCC3)CCCS1. The second-order valence-corrected chi connectivity index (χ2v) is 7.75. The molecule has 1 aromatic rings. The monoisotopic (exact) mass is 287 g/mol. The summed E-state index contributed by atoms with van der Waals surface area (Å²) in [5.41, 5.74) is 3.18. The predicted molar refractivity (Wildman–Crippen MR) is 84.2 cm³/mol. The van der Waals surface area contributed by atoms with Crippen molar-refractivity contribution in [1.82, 2.24) is 4.98 Å². The molecule has 3 nitrogen and oxygen atoms in total. The first-order chi connectivity index (χ1) is 9.70. The second kappa shape index (κ2) is 5.65. The number of anilines is 1. The molecule has 2 aliphatic rings. The number of nitrogens with zero attached hydrogens (tertiary/aromatic N) is 2. The van der Waals surface area contributed by atoms with Gasteiger partial charge in [0, 0.05) is 17.0 Å². The lowest BCUT2D eigenvalue weighted by Crippen LogP contribution is -2.28. The van der Waals surface area contributed by atoms with Crippen molar-refractivity contribution >= 4 is 17.6 Å². The summed E-state index contributed by atoms with van der Waals surface area (Å²) in [5.74, 6) is 2.04. The molecule has 1 atom stereocenters. The molecule has 0 radical (unpaired) electrons. The zero-order valence-electron chi connectivity index (χ0n) is 12.0. The highest BCUT2D eigenvalue weighted by molar-refractivity contribution is 8.00. The van der Waals surface area contributed by atoms with Gasteiger partial charge in [0.15, 0.2) is 0 Å². The Balaban J connectivity index is 1.79. The molecule has 0 bridgehead atoms. The number of nitriles is 1. The maximum Gasteiger partial charge on any atom is 0.144 e. The quantitative estimate of drug-likeness (QED) is 0.924. The lowest BCUT2D eigenvalue weighted by atomic mass is 9.95. The van der Waals surface area contributed by atoms with Crippen molar-refractivity contribution in [2.24, 2.45) is 0 Å². The van der Waals surface area contributed by atoms with E-state index >= 15 is 0 Å². The topological polar surface area (TPSA) is 48.7 Å². The van der Waals surface area contributed by atoms with Gasteiger partial charge in [-0.25, -0.2) is 4.98 Å². The molecule has 1 aliphatic heterocycles. The molecule has 1 aromatic heterocycles. The maximum atomic E-state index is 9.34. The molecule has 2 heterocycles. The van der Waals surface area contributed by atoms with E-state index in [2.05, 4.69) is 18.3 Å². The van der Waals surface area contributed by atoms with Gasteiger partial charge in [0.2, 0.25) is 0 Å². The van der Waals surface area contributed by atoms with Gasteiger partial charge in [0.1, 0.15) is 11.9 Å². The lowest BCUT2D eigenvalue weighted by molar-refractivity contribution is 0.631.